The number of aromatic hydroxyl groups is 1. The van der Waals surface area contributed by atoms with Gasteiger partial charge in [0, 0.05) is 11.1 Å². The molecule has 48 heavy (non-hydrogen) atoms. The maximum absolute atomic E-state index is 11.3. The summed E-state index contributed by atoms with van der Waals surface area (Å²) < 4.78 is 7.26. The van der Waals surface area contributed by atoms with E-state index in [1.165, 1.54) is 88.6 Å². The number of ether oxygens (including phenoxy) is 1. The summed E-state index contributed by atoms with van der Waals surface area (Å²) in [6, 6.07) is 4.22. The molecule has 2 rings (SSSR count). The summed E-state index contributed by atoms with van der Waals surface area (Å²) in [7, 11) is 0. The van der Waals surface area contributed by atoms with Crippen LogP contribution in [0.3, 0.4) is 0 Å². The number of hydrogen-bond acceptors (Lipinski definition) is 9. The van der Waals surface area contributed by atoms with Crippen molar-refractivity contribution in [2.45, 2.75) is 189 Å². The van der Waals surface area contributed by atoms with Gasteiger partial charge in [0.15, 0.2) is 10.3 Å². The van der Waals surface area contributed by atoms with Crippen LogP contribution in [-0.2, 0) is 10.8 Å². The number of benzene rings is 1. The number of rotatable bonds is 24. The lowest BCUT2D eigenvalue weighted by Gasteiger charge is -2.28. The molecule has 1 aromatic heterocycles. The van der Waals surface area contributed by atoms with Crippen LogP contribution in [0.4, 0.5) is 0 Å². The lowest BCUT2D eigenvalue weighted by Crippen LogP contribution is -2.17. The molecule has 1 aromatic carbocycles. The zero-order chi connectivity index (χ0) is 35.6. The van der Waals surface area contributed by atoms with Gasteiger partial charge in [0.1, 0.15) is 11.5 Å². The van der Waals surface area contributed by atoms with Gasteiger partial charge in [-0.25, -0.2) is 0 Å². The van der Waals surface area contributed by atoms with Crippen molar-refractivity contribution in [2.75, 3.05) is 11.5 Å². The minimum absolute atomic E-state index is 0.256. The molecule has 2 aromatic rings. The second-order valence-electron chi connectivity index (χ2n) is 14.8. The molecule has 0 fully saturated rings. The average Bonchev–Trinajstić information content (AvgIpc) is 3.02. The number of unbranched alkanes of at least 4 members (excludes halogenated alkanes) is 10. The summed E-state index contributed by atoms with van der Waals surface area (Å²) in [6.07, 6.45) is 17.9. The molecule has 0 saturated heterocycles. The van der Waals surface area contributed by atoms with Gasteiger partial charge < -0.3 is 9.84 Å². The normalized spacial score (nSPS) is 13.5. The van der Waals surface area contributed by atoms with E-state index in [0.717, 1.165) is 34.3 Å². The van der Waals surface area contributed by atoms with E-state index in [1.807, 2.05) is 35.7 Å². The number of nitrogens with zero attached hydrogens (tertiary/aromatic N) is 3. The molecule has 0 bridgehead atoms. The van der Waals surface area contributed by atoms with Crippen molar-refractivity contribution in [3.05, 3.63) is 23.3 Å². The molecule has 2 atom stereocenters. The Kier molecular flexibility index (Phi) is 20.7. The first kappa shape index (κ1) is 43.4. The number of phenolic OH excluding ortho intramolecular Hbond substituents is 1. The SMILES string of the molecule is CCCCCCCCSC(CC)Sc1nc(Oc2cc(C(C)(C)C)c(O)c(C(C)(C)C)c2)nc(SC(CC)SCCCCCCCC)n1. The number of aromatic nitrogens is 3. The van der Waals surface area contributed by atoms with Crippen LogP contribution in [0.5, 0.6) is 17.5 Å². The van der Waals surface area contributed by atoms with E-state index in [-0.39, 0.29) is 10.8 Å². The Morgan fingerprint density at radius 3 is 1.38 bits per heavy atom. The maximum atomic E-state index is 11.3. The molecular weight excluding hydrogens is 671 g/mol. The van der Waals surface area contributed by atoms with E-state index in [9.17, 15) is 5.11 Å². The van der Waals surface area contributed by atoms with Crippen LogP contribution < -0.4 is 4.74 Å². The third-order valence-corrected chi connectivity index (χ3v) is 14.1. The molecule has 1 N–H and O–H groups in total. The molecular formula is C39H67N3O2S4. The van der Waals surface area contributed by atoms with Gasteiger partial charge in [-0.2, -0.15) is 15.0 Å². The van der Waals surface area contributed by atoms with Crippen LogP contribution in [0.1, 0.15) is 170 Å². The minimum atomic E-state index is -0.256. The fourth-order valence-corrected chi connectivity index (χ4v) is 10.1. The van der Waals surface area contributed by atoms with Gasteiger partial charge in [-0.1, -0.05) is 157 Å². The van der Waals surface area contributed by atoms with Crippen molar-refractivity contribution in [2.24, 2.45) is 0 Å². The first-order valence-electron chi connectivity index (χ1n) is 18.7. The van der Waals surface area contributed by atoms with Gasteiger partial charge in [-0.15, -0.1) is 23.5 Å². The first-order valence-corrected chi connectivity index (χ1v) is 22.6. The molecule has 0 spiro atoms. The van der Waals surface area contributed by atoms with Crippen molar-refractivity contribution in [3.8, 4) is 17.5 Å². The fourth-order valence-electron chi connectivity index (χ4n) is 5.29. The fraction of sp³-hybridized carbons (Fsp3) is 0.769. The Balaban J connectivity index is 2.31. The number of hydrogen-bond donors (Lipinski definition) is 1. The third kappa shape index (κ3) is 16.5. The highest BCUT2D eigenvalue weighted by Crippen LogP contribution is 2.43. The van der Waals surface area contributed by atoms with Gasteiger partial charge in [-0.3, -0.25) is 0 Å². The standard InChI is InChI=1S/C39H67N3O2S4/c1-11-15-17-19-21-23-25-45-32(13-3)47-36-40-35(41-37(42-36)48-33(14-4)46-26-24-22-20-18-16-12-2)44-29-27-30(38(5,6)7)34(43)31(28-29)39(8,9)10/h27-28,32-33,43H,11-26H2,1-10H3. The Morgan fingerprint density at radius 2 is 1.00 bits per heavy atom. The largest absolute Gasteiger partial charge is 0.507 e. The molecule has 0 saturated carbocycles. The third-order valence-electron chi connectivity index (χ3n) is 8.23. The van der Waals surface area contributed by atoms with Crippen LogP contribution in [0, 0.1) is 0 Å². The van der Waals surface area contributed by atoms with Crippen LogP contribution in [0.25, 0.3) is 0 Å². The summed E-state index contributed by atoms with van der Waals surface area (Å²) >= 11 is 7.54. The molecule has 0 aliphatic heterocycles. The summed E-state index contributed by atoms with van der Waals surface area (Å²) in [6.45, 7) is 21.8. The van der Waals surface area contributed by atoms with E-state index in [1.54, 1.807) is 23.5 Å². The zero-order valence-corrected chi connectivity index (χ0v) is 35.2. The van der Waals surface area contributed by atoms with Crippen molar-refractivity contribution < 1.29 is 9.84 Å². The topological polar surface area (TPSA) is 68.1 Å². The van der Waals surface area contributed by atoms with Gasteiger partial charge in [0.2, 0.25) is 0 Å². The summed E-state index contributed by atoms with van der Waals surface area (Å²) in [5.74, 6) is 3.32. The Hall–Kier alpha value is -0.770. The number of phenols is 1. The molecule has 1 heterocycles. The average molecular weight is 738 g/mol. The van der Waals surface area contributed by atoms with Gasteiger partial charge in [-0.05, 0) is 60.2 Å². The van der Waals surface area contributed by atoms with E-state index >= 15 is 0 Å². The summed E-state index contributed by atoms with van der Waals surface area (Å²) in [4.78, 5) is 14.7. The summed E-state index contributed by atoms with van der Waals surface area (Å²) in [5, 5.41) is 12.7. The van der Waals surface area contributed by atoms with E-state index in [2.05, 4.69) is 69.2 Å². The Bertz CT molecular complexity index is 1100. The summed E-state index contributed by atoms with van der Waals surface area (Å²) in [5.41, 5.74) is 1.21. The minimum Gasteiger partial charge on any atom is -0.507 e. The molecule has 0 amide bonds. The van der Waals surface area contributed by atoms with E-state index in [0.29, 0.717) is 26.7 Å². The molecule has 0 aliphatic rings. The second kappa shape index (κ2) is 22.9. The first-order chi connectivity index (χ1) is 22.8. The van der Waals surface area contributed by atoms with Gasteiger partial charge in [0.05, 0.1) is 9.16 Å². The van der Waals surface area contributed by atoms with Crippen molar-refractivity contribution in [3.63, 3.8) is 0 Å². The molecule has 9 heteroatoms. The van der Waals surface area contributed by atoms with Crippen LogP contribution in [0.2, 0.25) is 0 Å². The predicted octanol–water partition coefficient (Wildman–Crippen LogP) is 13.8. The molecule has 5 nitrogen and oxygen atoms in total. The molecule has 0 aliphatic carbocycles. The maximum Gasteiger partial charge on any atom is 0.327 e. The highest BCUT2D eigenvalue weighted by Gasteiger charge is 2.28. The van der Waals surface area contributed by atoms with Gasteiger partial charge in [0.25, 0.3) is 0 Å². The lowest BCUT2D eigenvalue weighted by molar-refractivity contribution is 0.401. The quantitative estimate of drug-likeness (QED) is 0.0644. The van der Waals surface area contributed by atoms with Gasteiger partial charge >= 0.3 is 6.01 Å². The second-order valence-corrected chi connectivity index (χ2v) is 20.4. The highest BCUT2D eigenvalue weighted by atomic mass is 32.2. The van der Waals surface area contributed by atoms with Crippen LogP contribution in [-0.4, -0.2) is 40.7 Å². The zero-order valence-electron chi connectivity index (χ0n) is 32.0. The van der Waals surface area contributed by atoms with Crippen LogP contribution in [0.15, 0.2) is 22.4 Å². The lowest BCUT2D eigenvalue weighted by atomic mass is 9.79. The Labute approximate surface area is 311 Å². The molecule has 274 valence electrons. The predicted molar refractivity (Wildman–Crippen MR) is 217 cm³/mol. The number of thioether (sulfide) groups is 4. The van der Waals surface area contributed by atoms with E-state index in [4.69, 9.17) is 19.7 Å². The van der Waals surface area contributed by atoms with E-state index < -0.39 is 0 Å². The monoisotopic (exact) mass is 737 g/mol. The van der Waals surface area contributed by atoms with Crippen molar-refractivity contribution >= 4 is 47.0 Å². The smallest absolute Gasteiger partial charge is 0.327 e. The molecule has 2 unspecified atom stereocenters. The van der Waals surface area contributed by atoms with Crippen molar-refractivity contribution in [1.29, 1.82) is 0 Å². The van der Waals surface area contributed by atoms with Crippen molar-refractivity contribution in [1.82, 2.24) is 15.0 Å². The Morgan fingerprint density at radius 1 is 0.604 bits per heavy atom. The highest BCUT2D eigenvalue weighted by molar-refractivity contribution is 8.17. The molecule has 0 radical (unpaired) electrons. The van der Waals surface area contributed by atoms with Crippen LogP contribution >= 0.6 is 47.0 Å².